The number of amides is 1. The Bertz CT molecular complexity index is 618. The lowest BCUT2D eigenvalue weighted by Gasteiger charge is -2.16. The minimum Gasteiger partial charge on any atom is -0.293 e. The summed E-state index contributed by atoms with van der Waals surface area (Å²) in [5.41, 5.74) is 3.40. The van der Waals surface area contributed by atoms with Gasteiger partial charge < -0.3 is 0 Å². The van der Waals surface area contributed by atoms with Crippen LogP contribution < -0.4 is 15.9 Å². The fraction of sp³-hybridized carbons (Fsp3) is 0.167. The molecule has 16 heavy (non-hydrogen) atoms. The number of nitrogens with one attached hydrogen (secondary N) is 1. The van der Waals surface area contributed by atoms with Crippen LogP contribution in [0.25, 0.3) is 11.8 Å². The average molecular weight is 214 g/mol. The van der Waals surface area contributed by atoms with Crippen LogP contribution in [0.1, 0.15) is 0 Å². The summed E-state index contributed by atoms with van der Waals surface area (Å²) in [6, 6.07) is 7.60. The van der Waals surface area contributed by atoms with Crippen LogP contribution in [0, 0.1) is 5.92 Å². The summed E-state index contributed by atoms with van der Waals surface area (Å²) in [7, 11) is 1.75. The number of hydrogen-bond donors (Lipinski definition) is 1. The lowest BCUT2D eigenvalue weighted by Crippen LogP contribution is -2.39. The van der Waals surface area contributed by atoms with Crippen molar-refractivity contribution in [2.24, 2.45) is 5.92 Å². The molecule has 1 unspecified atom stereocenters. The molecule has 0 radical (unpaired) electrons. The molecule has 0 aromatic heterocycles. The number of Topliss-reactive ketones (excluding diaryl/α,β-unsaturated/α-hetero) is 1. The SMILES string of the molecule is CN1NC(=O)C2C(=O)C=c3ccccc3=C21. The molecule has 1 fully saturated rings. The molecule has 1 saturated heterocycles. The van der Waals surface area contributed by atoms with Crippen molar-refractivity contribution in [1.82, 2.24) is 10.4 Å². The summed E-state index contributed by atoms with van der Waals surface area (Å²) < 4.78 is 0. The summed E-state index contributed by atoms with van der Waals surface area (Å²) in [5, 5.41) is 3.46. The second-order valence-corrected chi connectivity index (χ2v) is 3.99. The molecule has 1 aliphatic heterocycles. The van der Waals surface area contributed by atoms with Crippen LogP contribution >= 0.6 is 0 Å². The fourth-order valence-electron chi connectivity index (χ4n) is 2.30. The maximum absolute atomic E-state index is 11.8. The summed E-state index contributed by atoms with van der Waals surface area (Å²) in [6.45, 7) is 0. The van der Waals surface area contributed by atoms with Crippen molar-refractivity contribution in [3.63, 3.8) is 0 Å². The van der Waals surface area contributed by atoms with E-state index in [4.69, 9.17) is 0 Å². The van der Waals surface area contributed by atoms with Gasteiger partial charge in [-0.1, -0.05) is 24.3 Å². The minimum atomic E-state index is -0.667. The second kappa shape index (κ2) is 2.95. The van der Waals surface area contributed by atoms with Gasteiger partial charge in [-0.05, 0) is 11.3 Å². The number of fused-ring (bicyclic) bond motifs is 2. The highest BCUT2D eigenvalue weighted by Crippen LogP contribution is 2.22. The van der Waals surface area contributed by atoms with Crippen molar-refractivity contribution in [1.29, 1.82) is 0 Å². The van der Waals surface area contributed by atoms with E-state index in [1.807, 2.05) is 24.3 Å². The van der Waals surface area contributed by atoms with Crippen LogP contribution in [0.4, 0.5) is 0 Å². The van der Waals surface area contributed by atoms with Gasteiger partial charge in [0.1, 0.15) is 5.92 Å². The summed E-state index contributed by atoms with van der Waals surface area (Å²) in [4.78, 5) is 23.5. The lowest BCUT2D eigenvalue weighted by atomic mass is 9.93. The largest absolute Gasteiger partial charge is 0.293 e. The molecule has 2 aliphatic rings. The van der Waals surface area contributed by atoms with E-state index in [9.17, 15) is 9.59 Å². The smallest absolute Gasteiger partial charge is 0.255 e. The fourth-order valence-corrected chi connectivity index (χ4v) is 2.30. The Labute approximate surface area is 91.8 Å². The maximum atomic E-state index is 11.8. The van der Waals surface area contributed by atoms with Crippen molar-refractivity contribution >= 4 is 23.5 Å². The molecule has 1 aliphatic carbocycles. The number of carbonyl (C=O) groups is 2. The standard InChI is InChI=1S/C12H10N2O2/c1-14-11-8-5-3-2-4-7(8)6-9(15)10(11)12(16)13-14/h2-6,10H,1H3,(H,13,16). The first-order valence-electron chi connectivity index (χ1n) is 5.07. The Morgan fingerprint density at radius 2 is 2.00 bits per heavy atom. The van der Waals surface area contributed by atoms with Crippen LogP contribution in [0.15, 0.2) is 24.3 Å². The van der Waals surface area contributed by atoms with Gasteiger partial charge in [0.2, 0.25) is 0 Å². The van der Waals surface area contributed by atoms with E-state index in [1.165, 1.54) is 0 Å². The lowest BCUT2D eigenvalue weighted by molar-refractivity contribution is -0.128. The predicted octanol–water partition coefficient (Wildman–Crippen LogP) is -1.25. The van der Waals surface area contributed by atoms with Gasteiger partial charge in [0, 0.05) is 12.3 Å². The van der Waals surface area contributed by atoms with E-state index < -0.39 is 5.92 Å². The number of hydrogen-bond acceptors (Lipinski definition) is 3. The topological polar surface area (TPSA) is 49.4 Å². The van der Waals surface area contributed by atoms with Gasteiger partial charge in [-0.2, -0.15) is 0 Å². The van der Waals surface area contributed by atoms with Crippen molar-refractivity contribution in [3.8, 4) is 0 Å². The zero-order valence-electron chi connectivity index (χ0n) is 8.73. The molecule has 3 rings (SSSR count). The molecular weight excluding hydrogens is 204 g/mol. The first-order valence-corrected chi connectivity index (χ1v) is 5.07. The Morgan fingerprint density at radius 1 is 1.25 bits per heavy atom. The van der Waals surface area contributed by atoms with Gasteiger partial charge in [0.15, 0.2) is 5.78 Å². The van der Waals surface area contributed by atoms with Gasteiger partial charge in [-0.3, -0.25) is 20.0 Å². The summed E-state index contributed by atoms with van der Waals surface area (Å²) in [6.07, 6.45) is 1.54. The van der Waals surface area contributed by atoms with Crippen LogP contribution in [-0.2, 0) is 9.59 Å². The molecule has 1 amide bonds. The second-order valence-electron chi connectivity index (χ2n) is 3.99. The van der Waals surface area contributed by atoms with Crippen molar-refractivity contribution in [2.75, 3.05) is 7.05 Å². The monoisotopic (exact) mass is 214 g/mol. The van der Waals surface area contributed by atoms with Crippen LogP contribution in [0.5, 0.6) is 0 Å². The average Bonchev–Trinajstić information content (AvgIpc) is 2.55. The molecule has 0 spiro atoms. The quantitative estimate of drug-likeness (QED) is 0.549. The van der Waals surface area contributed by atoms with Gasteiger partial charge in [0.05, 0.1) is 5.70 Å². The molecule has 0 bridgehead atoms. The molecule has 1 N–H and O–H groups in total. The molecule has 1 atom stereocenters. The molecule has 4 heteroatoms. The van der Waals surface area contributed by atoms with Crippen LogP contribution in [0.3, 0.4) is 0 Å². The summed E-state index contributed by atoms with van der Waals surface area (Å²) >= 11 is 0. The number of nitrogens with zero attached hydrogens (tertiary/aromatic N) is 1. The summed E-state index contributed by atoms with van der Waals surface area (Å²) in [5.74, 6) is -1.05. The first kappa shape index (κ1) is 9.15. The number of ketones is 1. The van der Waals surface area contributed by atoms with Crippen molar-refractivity contribution in [2.45, 2.75) is 0 Å². The Morgan fingerprint density at radius 3 is 2.81 bits per heavy atom. The number of rotatable bonds is 0. The first-order chi connectivity index (χ1) is 7.68. The molecule has 0 saturated carbocycles. The third-order valence-corrected chi connectivity index (χ3v) is 2.99. The molecule has 1 aromatic rings. The third kappa shape index (κ3) is 1.04. The molecule has 1 heterocycles. The van der Waals surface area contributed by atoms with Gasteiger partial charge >= 0.3 is 0 Å². The molecule has 80 valence electrons. The predicted molar refractivity (Wildman–Crippen MR) is 58.0 cm³/mol. The highest BCUT2D eigenvalue weighted by molar-refractivity contribution is 6.23. The Kier molecular flexibility index (Phi) is 1.68. The van der Waals surface area contributed by atoms with Crippen molar-refractivity contribution in [3.05, 3.63) is 34.7 Å². The van der Waals surface area contributed by atoms with Crippen LogP contribution in [0.2, 0.25) is 0 Å². The zero-order valence-corrected chi connectivity index (χ0v) is 8.73. The highest BCUT2D eigenvalue weighted by Gasteiger charge is 2.40. The third-order valence-electron chi connectivity index (χ3n) is 2.99. The number of carbonyl (C=O) groups excluding carboxylic acids is 2. The van der Waals surface area contributed by atoms with E-state index in [2.05, 4.69) is 5.43 Å². The zero-order chi connectivity index (χ0) is 11.3. The number of hydrazine groups is 1. The van der Waals surface area contributed by atoms with Crippen molar-refractivity contribution < 1.29 is 9.59 Å². The van der Waals surface area contributed by atoms with E-state index in [0.29, 0.717) is 0 Å². The number of benzene rings is 1. The van der Waals surface area contributed by atoms with E-state index in [0.717, 1.165) is 16.1 Å². The Hall–Kier alpha value is -2.10. The maximum Gasteiger partial charge on any atom is 0.255 e. The minimum absolute atomic E-state index is 0.143. The van der Waals surface area contributed by atoms with Gasteiger partial charge in [-0.25, -0.2) is 0 Å². The van der Waals surface area contributed by atoms with E-state index in [-0.39, 0.29) is 11.7 Å². The molecule has 4 nitrogen and oxygen atoms in total. The van der Waals surface area contributed by atoms with Gasteiger partial charge in [0.25, 0.3) is 5.91 Å². The van der Waals surface area contributed by atoms with E-state index in [1.54, 1.807) is 18.1 Å². The van der Waals surface area contributed by atoms with Gasteiger partial charge in [-0.15, -0.1) is 0 Å². The highest BCUT2D eigenvalue weighted by atomic mass is 16.2. The molecule has 1 aromatic carbocycles. The van der Waals surface area contributed by atoms with Crippen LogP contribution in [-0.4, -0.2) is 23.7 Å². The normalized spacial score (nSPS) is 22.4. The molecular formula is C12H10N2O2. The van der Waals surface area contributed by atoms with E-state index >= 15 is 0 Å². The Balaban J connectivity index is 2.44.